The van der Waals surface area contributed by atoms with E-state index in [9.17, 15) is 19.2 Å². The van der Waals surface area contributed by atoms with Crippen molar-refractivity contribution in [2.45, 2.75) is 31.7 Å². The molecule has 1 aliphatic rings. The minimum atomic E-state index is -1.26. The van der Waals surface area contributed by atoms with Crippen molar-refractivity contribution in [1.29, 1.82) is 0 Å². The molecule has 0 saturated heterocycles. The number of carboxylic acids is 2. The molecule has 7 N–H and O–H groups in total. The Bertz CT molecular complexity index is 1170. The lowest BCUT2D eigenvalue weighted by Crippen LogP contribution is -2.38. The molecule has 12 nitrogen and oxygen atoms in total. The Morgan fingerprint density at radius 2 is 1.80 bits per heavy atom. The Labute approximate surface area is 199 Å². The number of rotatable bonds is 7. The highest BCUT2D eigenvalue weighted by Gasteiger charge is 2.25. The van der Waals surface area contributed by atoms with Crippen LogP contribution in [-0.2, 0) is 16.0 Å². The molecule has 0 bridgehead atoms. The fourth-order valence-corrected chi connectivity index (χ4v) is 3.58. The molecular formula is C23H24N4O8. The number of benzene rings is 2. The minimum Gasteiger partial charge on any atom is -0.489 e. The summed E-state index contributed by atoms with van der Waals surface area (Å²) in [6.07, 6.45) is -0.258. The van der Waals surface area contributed by atoms with E-state index in [1.165, 1.54) is 18.2 Å². The van der Waals surface area contributed by atoms with Gasteiger partial charge in [-0.1, -0.05) is 6.07 Å². The molecule has 0 spiro atoms. The first-order valence-electron chi connectivity index (χ1n) is 10.6. The molecular weight excluding hydrogens is 460 g/mol. The number of carbonyl (C=O) groups excluding carboxylic acids is 2. The fourth-order valence-electron chi connectivity index (χ4n) is 3.58. The number of aliphatic carboxylic acids is 2. The average molecular weight is 484 g/mol. The summed E-state index contributed by atoms with van der Waals surface area (Å²) in [5, 5.41) is 20.4. The van der Waals surface area contributed by atoms with Gasteiger partial charge in [0.1, 0.15) is 0 Å². The van der Waals surface area contributed by atoms with E-state index in [0.29, 0.717) is 29.7 Å². The third kappa shape index (κ3) is 6.69. The number of esters is 1. The number of nitrogens with two attached hydrogens (primary N) is 2. The van der Waals surface area contributed by atoms with Crippen LogP contribution in [0.15, 0.2) is 41.4 Å². The second-order valence-corrected chi connectivity index (χ2v) is 7.72. The Balaban J connectivity index is 1.91. The number of aryl methyl sites for hydroxylation is 1. The first-order chi connectivity index (χ1) is 16.6. The Morgan fingerprint density at radius 3 is 2.46 bits per heavy atom. The van der Waals surface area contributed by atoms with Crippen LogP contribution in [0.3, 0.4) is 0 Å². The Morgan fingerprint density at radius 1 is 1.09 bits per heavy atom. The third-order valence-corrected chi connectivity index (χ3v) is 5.01. The maximum atomic E-state index is 12.9. The van der Waals surface area contributed by atoms with Crippen molar-refractivity contribution < 1.29 is 38.9 Å². The largest absolute Gasteiger partial charge is 0.489 e. The minimum absolute atomic E-state index is 0.0108. The van der Waals surface area contributed by atoms with Gasteiger partial charge in [-0.2, -0.15) is 0 Å². The van der Waals surface area contributed by atoms with Gasteiger partial charge < -0.3 is 36.5 Å². The summed E-state index contributed by atoms with van der Waals surface area (Å²) in [7, 11) is 0. The summed E-state index contributed by atoms with van der Waals surface area (Å²) in [4.78, 5) is 51.9. The zero-order valence-electron chi connectivity index (χ0n) is 18.5. The van der Waals surface area contributed by atoms with Crippen molar-refractivity contribution in [2.75, 3.05) is 6.61 Å². The summed E-state index contributed by atoms with van der Waals surface area (Å²) < 4.78 is 11.3. The van der Waals surface area contributed by atoms with E-state index in [1.807, 2.05) is 0 Å². The molecule has 184 valence electrons. The second kappa shape index (κ2) is 11.0. The number of para-hydroxylation sites is 1. The molecule has 0 radical (unpaired) electrons. The number of amides is 1. The predicted molar refractivity (Wildman–Crippen MR) is 123 cm³/mol. The molecule has 0 aromatic heterocycles. The number of hydrogen-bond donors (Lipinski definition) is 5. The molecule has 2 aromatic rings. The van der Waals surface area contributed by atoms with E-state index in [2.05, 4.69) is 10.3 Å². The van der Waals surface area contributed by atoms with E-state index in [4.69, 9.17) is 31.2 Å². The van der Waals surface area contributed by atoms with Gasteiger partial charge in [0.05, 0.1) is 42.3 Å². The summed E-state index contributed by atoms with van der Waals surface area (Å²) >= 11 is 0. The zero-order chi connectivity index (χ0) is 25.5. The first kappa shape index (κ1) is 25.0. The number of nitrogens with one attached hydrogen (secondary N) is 1. The van der Waals surface area contributed by atoms with Gasteiger partial charge in [-0.15, -0.1) is 0 Å². The Hall–Kier alpha value is -4.61. The summed E-state index contributed by atoms with van der Waals surface area (Å²) in [5.74, 6) is -4.12. The van der Waals surface area contributed by atoms with Crippen molar-refractivity contribution in [3.05, 3.63) is 53.1 Å². The molecule has 35 heavy (non-hydrogen) atoms. The SMILES string of the molecule is NC(N)=Nc1ccc2c(c1)CCCOc1c(cccc1C(=O)NC(CC(=O)O)CC(=O)O)OC2=O. The van der Waals surface area contributed by atoms with Crippen LogP contribution in [0.1, 0.15) is 45.5 Å². The van der Waals surface area contributed by atoms with Crippen LogP contribution < -0.4 is 26.3 Å². The van der Waals surface area contributed by atoms with Crippen LogP contribution in [0.5, 0.6) is 11.5 Å². The van der Waals surface area contributed by atoms with Crippen LogP contribution in [0.25, 0.3) is 0 Å². The van der Waals surface area contributed by atoms with Crippen molar-refractivity contribution in [2.24, 2.45) is 16.5 Å². The van der Waals surface area contributed by atoms with Gasteiger partial charge >= 0.3 is 17.9 Å². The molecule has 1 amide bonds. The number of ether oxygens (including phenoxy) is 2. The molecule has 1 aliphatic heterocycles. The first-order valence-corrected chi connectivity index (χ1v) is 10.6. The number of aliphatic imine (C=N–C) groups is 1. The van der Waals surface area contributed by atoms with Gasteiger partial charge in [0.2, 0.25) is 0 Å². The van der Waals surface area contributed by atoms with Gasteiger partial charge in [-0.25, -0.2) is 9.79 Å². The number of carbonyl (C=O) groups is 4. The van der Waals surface area contributed by atoms with Gasteiger partial charge in [0.15, 0.2) is 17.5 Å². The predicted octanol–water partition coefficient (Wildman–Crippen LogP) is 1.18. The van der Waals surface area contributed by atoms with E-state index in [0.717, 1.165) is 0 Å². The van der Waals surface area contributed by atoms with Gasteiger partial charge in [-0.05, 0) is 48.7 Å². The maximum absolute atomic E-state index is 12.9. The highest BCUT2D eigenvalue weighted by atomic mass is 16.6. The fraction of sp³-hybridized carbons (Fsp3) is 0.261. The van der Waals surface area contributed by atoms with Crippen LogP contribution >= 0.6 is 0 Å². The van der Waals surface area contributed by atoms with Crippen LogP contribution in [-0.4, -0.2) is 52.6 Å². The molecule has 12 heteroatoms. The lowest BCUT2D eigenvalue weighted by atomic mass is 10.0. The third-order valence-electron chi connectivity index (χ3n) is 5.01. The van der Waals surface area contributed by atoms with Crippen LogP contribution in [0.2, 0.25) is 0 Å². The molecule has 0 atom stereocenters. The zero-order valence-corrected chi connectivity index (χ0v) is 18.5. The van der Waals surface area contributed by atoms with E-state index < -0.39 is 42.7 Å². The molecule has 0 unspecified atom stereocenters. The topological polar surface area (TPSA) is 204 Å². The normalized spacial score (nSPS) is 12.9. The van der Waals surface area contributed by atoms with E-state index in [1.54, 1.807) is 18.2 Å². The van der Waals surface area contributed by atoms with Gasteiger partial charge in [0, 0.05) is 0 Å². The highest BCUT2D eigenvalue weighted by molar-refractivity contribution is 5.99. The number of hydrogen-bond acceptors (Lipinski definition) is 7. The Kier molecular flexibility index (Phi) is 7.87. The number of fused-ring (bicyclic) bond motifs is 2. The van der Waals surface area contributed by atoms with Gasteiger partial charge in [-0.3, -0.25) is 14.4 Å². The summed E-state index contributed by atoms with van der Waals surface area (Å²) in [6, 6.07) is 7.95. The number of nitrogens with zero attached hydrogens (tertiary/aromatic N) is 1. The molecule has 0 aliphatic carbocycles. The van der Waals surface area contributed by atoms with E-state index in [-0.39, 0.29) is 29.6 Å². The second-order valence-electron chi connectivity index (χ2n) is 7.72. The molecule has 1 heterocycles. The molecule has 0 fully saturated rings. The highest BCUT2D eigenvalue weighted by Crippen LogP contribution is 2.34. The monoisotopic (exact) mass is 484 g/mol. The lowest BCUT2D eigenvalue weighted by Gasteiger charge is -2.20. The van der Waals surface area contributed by atoms with Crippen molar-refractivity contribution >= 4 is 35.5 Å². The van der Waals surface area contributed by atoms with E-state index >= 15 is 0 Å². The van der Waals surface area contributed by atoms with Crippen LogP contribution in [0.4, 0.5) is 5.69 Å². The molecule has 2 aromatic carbocycles. The number of carboxylic acid groups (broad SMARTS) is 2. The smallest absolute Gasteiger partial charge is 0.343 e. The molecule has 0 saturated carbocycles. The van der Waals surface area contributed by atoms with Gasteiger partial charge in [0.25, 0.3) is 5.91 Å². The van der Waals surface area contributed by atoms with Crippen molar-refractivity contribution in [3.63, 3.8) is 0 Å². The number of guanidine groups is 1. The van der Waals surface area contributed by atoms with Crippen molar-refractivity contribution in [3.8, 4) is 11.5 Å². The average Bonchev–Trinajstić information content (AvgIpc) is 2.75. The summed E-state index contributed by atoms with van der Waals surface area (Å²) in [6.45, 7) is 0.161. The standard InChI is InChI=1S/C23H24N4O8/c24-23(25)27-13-6-7-15-12(9-13)3-2-8-34-20-16(4-1-5-17(20)35-22(15)33)21(32)26-14(10-18(28)29)11-19(30)31/h1,4-7,9,14H,2-3,8,10-11H2,(H,26,32)(H,28,29)(H,30,31)(H4,24,25,27). The molecule has 3 rings (SSSR count). The van der Waals surface area contributed by atoms with Crippen molar-refractivity contribution in [1.82, 2.24) is 5.32 Å². The lowest BCUT2D eigenvalue weighted by molar-refractivity contribution is -0.139. The quantitative estimate of drug-likeness (QED) is 0.164. The maximum Gasteiger partial charge on any atom is 0.343 e. The van der Waals surface area contributed by atoms with Crippen LogP contribution in [0, 0.1) is 0 Å². The summed E-state index contributed by atoms with van der Waals surface area (Å²) in [5.41, 5.74) is 12.3.